The summed E-state index contributed by atoms with van der Waals surface area (Å²) in [6.45, 7) is 2.58. The van der Waals surface area contributed by atoms with Gasteiger partial charge in [0.05, 0.1) is 11.6 Å². The predicted molar refractivity (Wildman–Crippen MR) is 97.3 cm³/mol. The summed E-state index contributed by atoms with van der Waals surface area (Å²) in [4.78, 5) is 12.2. The molecule has 0 fully saturated rings. The van der Waals surface area contributed by atoms with E-state index in [1.165, 1.54) is 18.2 Å². The van der Waals surface area contributed by atoms with Crippen LogP contribution in [0.15, 0.2) is 42.5 Å². The molecule has 0 unspecified atom stereocenters. The van der Waals surface area contributed by atoms with E-state index in [1.54, 1.807) is 24.3 Å². The van der Waals surface area contributed by atoms with Gasteiger partial charge >= 0.3 is 0 Å². The van der Waals surface area contributed by atoms with Crippen molar-refractivity contribution in [1.82, 2.24) is 5.32 Å². The smallest absolute Gasteiger partial charge is 0.257 e. The van der Waals surface area contributed by atoms with Crippen molar-refractivity contribution in [3.05, 3.63) is 58.9 Å². The molecule has 24 heavy (non-hydrogen) atoms. The minimum Gasteiger partial charge on any atom is -0.494 e. The van der Waals surface area contributed by atoms with Crippen molar-refractivity contribution < 1.29 is 13.9 Å². The summed E-state index contributed by atoms with van der Waals surface area (Å²) < 4.78 is 18.6. The lowest BCUT2D eigenvalue weighted by atomic mass is 10.2. The third kappa shape index (κ3) is 5.18. The maximum absolute atomic E-state index is 13.1. The van der Waals surface area contributed by atoms with E-state index >= 15 is 0 Å². The lowest BCUT2D eigenvalue weighted by molar-refractivity contribution is 0.0977. The van der Waals surface area contributed by atoms with Gasteiger partial charge < -0.3 is 10.1 Å². The van der Waals surface area contributed by atoms with Crippen molar-refractivity contribution in [2.24, 2.45) is 0 Å². The summed E-state index contributed by atoms with van der Waals surface area (Å²) in [6, 6.07) is 10.9. The van der Waals surface area contributed by atoms with Crippen molar-refractivity contribution in [3.63, 3.8) is 0 Å². The van der Waals surface area contributed by atoms with Crippen molar-refractivity contribution in [1.29, 1.82) is 0 Å². The fourth-order valence-corrected chi connectivity index (χ4v) is 2.25. The molecule has 2 N–H and O–H groups in total. The molecular formula is C17H16ClFN2O2S. The summed E-state index contributed by atoms with van der Waals surface area (Å²) in [7, 11) is 0. The van der Waals surface area contributed by atoms with Crippen molar-refractivity contribution in [2.45, 2.75) is 13.3 Å². The second-order valence-corrected chi connectivity index (χ2v) is 5.73. The number of hydrogen-bond donors (Lipinski definition) is 2. The summed E-state index contributed by atoms with van der Waals surface area (Å²) in [6.07, 6.45) is 0.880. The quantitative estimate of drug-likeness (QED) is 0.770. The maximum atomic E-state index is 13.1. The molecule has 0 bridgehead atoms. The van der Waals surface area contributed by atoms with Crippen LogP contribution in [-0.2, 0) is 0 Å². The average molecular weight is 367 g/mol. The zero-order valence-corrected chi connectivity index (χ0v) is 14.5. The highest BCUT2D eigenvalue weighted by atomic mass is 35.5. The number of anilines is 1. The fraction of sp³-hybridized carbons (Fsp3) is 0.176. The lowest BCUT2D eigenvalue weighted by Crippen LogP contribution is -2.34. The van der Waals surface area contributed by atoms with Gasteiger partial charge in [0, 0.05) is 11.3 Å². The molecule has 0 heterocycles. The Kier molecular flexibility index (Phi) is 6.52. The minimum atomic E-state index is -0.527. The van der Waals surface area contributed by atoms with E-state index in [4.69, 9.17) is 28.6 Å². The minimum absolute atomic E-state index is 0.0325. The summed E-state index contributed by atoms with van der Waals surface area (Å²) in [5.41, 5.74) is 0.900. The first-order valence-electron chi connectivity index (χ1n) is 7.30. The largest absolute Gasteiger partial charge is 0.494 e. The third-order valence-corrected chi connectivity index (χ3v) is 3.47. The number of hydrogen-bond acceptors (Lipinski definition) is 3. The molecule has 0 aliphatic rings. The Morgan fingerprint density at radius 1 is 1.29 bits per heavy atom. The van der Waals surface area contributed by atoms with Crippen LogP contribution >= 0.6 is 23.8 Å². The molecule has 0 aliphatic heterocycles. The maximum Gasteiger partial charge on any atom is 0.257 e. The Morgan fingerprint density at radius 3 is 2.79 bits per heavy atom. The van der Waals surface area contributed by atoms with E-state index in [0.29, 0.717) is 23.6 Å². The van der Waals surface area contributed by atoms with Crippen LogP contribution in [0.5, 0.6) is 5.75 Å². The van der Waals surface area contributed by atoms with Crippen molar-refractivity contribution in [3.8, 4) is 5.75 Å². The number of nitrogens with one attached hydrogen (secondary N) is 2. The van der Waals surface area contributed by atoms with E-state index in [0.717, 1.165) is 6.42 Å². The number of amides is 1. The van der Waals surface area contributed by atoms with Gasteiger partial charge in [0.15, 0.2) is 5.11 Å². The molecule has 126 valence electrons. The SMILES string of the molecule is CCCOc1cccc(C(=O)NC(=S)Nc2ccc(F)c(Cl)c2)c1. The highest BCUT2D eigenvalue weighted by Crippen LogP contribution is 2.19. The molecule has 0 radical (unpaired) electrons. The Morgan fingerprint density at radius 2 is 2.08 bits per heavy atom. The van der Waals surface area contributed by atoms with E-state index in [-0.39, 0.29) is 16.0 Å². The molecule has 4 nitrogen and oxygen atoms in total. The Hall–Kier alpha value is -2.18. The van der Waals surface area contributed by atoms with Gasteiger partial charge in [0.2, 0.25) is 0 Å². The number of carbonyl (C=O) groups is 1. The van der Waals surface area contributed by atoms with Crippen LogP contribution in [0.2, 0.25) is 5.02 Å². The van der Waals surface area contributed by atoms with Crippen LogP contribution in [0.1, 0.15) is 23.7 Å². The molecule has 2 aromatic carbocycles. The van der Waals surface area contributed by atoms with Gasteiger partial charge in [-0.15, -0.1) is 0 Å². The average Bonchev–Trinajstić information content (AvgIpc) is 2.56. The number of halogens is 2. The Labute approximate surface area is 150 Å². The van der Waals surface area contributed by atoms with E-state index in [1.807, 2.05) is 6.92 Å². The Bertz CT molecular complexity index is 755. The molecule has 1 amide bonds. The number of rotatable bonds is 5. The van der Waals surface area contributed by atoms with Crippen LogP contribution in [0.3, 0.4) is 0 Å². The number of thiocarbonyl (C=S) groups is 1. The third-order valence-electron chi connectivity index (χ3n) is 2.97. The van der Waals surface area contributed by atoms with Gasteiger partial charge in [-0.3, -0.25) is 10.1 Å². The standard InChI is InChI=1S/C17H16ClFN2O2S/c1-2-8-23-13-5-3-4-11(9-13)16(22)21-17(24)20-12-6-7-15(19)14(18)10-12/h3-7,9-10H,2,8H2,1H3,(H2,20,21,22,24). The molecule has 0 saturated carbocycles. The molecular weight excluding hydrogens is 351 g/mol. The van der Waals surface area contributed by atoms with Crippen LogP contribution in [0, 0.1) is 5.82 Å². The number of benzene rings is 2. The van der Waals surface area contributed by atoms with E-state index in [9.17, 15) is 9.18 Å². The Balaban J connectivity index is 1.98. The molecule has 0 aromatic heterocycles. The first-order valence-corrected chi connectivity index (χ1v) is 8.08. The molecule has 0 atom stereocenters. The van der Waals surface area contributed by atoms with Crippen LogP contribution in [-0.4, -0.2) is 17.6 Å². The number of ether oxygens (including phenoxy) is 1. The van der Waals surface area contributed by atoms with Gasteiger partial charge in [-0.2, -0.15) is 0 Å². The highest BCUT2D eigenvalue weighted by Gasteiger charge is 2.10. The zero-order chi connectivity index (χ0) is 17.5. The predicted octanol–water partition coefficient (Wildman–Crippen LogP) is 4.39. The van der Waals surface area contributed by atoms with Crippen molar-refractivity contribution in [2.75, 3.05) is 11.9 Å². The number of carbonyl (C=O) groups excluding carboxylic acids is 1. The van der Waals surface area contributed by atoms with Gasteiger partial charge in [-0.1, -0.05) is 24.6 Å². The van der Waals surface area contributed by atoms with Crippen LogP contribution in [0.4, 0.5) is 10.1 Å². The van der Waals surface area contributed by atoms with Gasteiger partial charge in [-0.25, -0.2) is 4.39 Å². The summed E-state index contributed by atoms with van der Waals surface area (Å²) in [5, 5.41) is 5.38. The van der Waals surface area contributed by atoms with Gasteiger partial charge in [-0.05, 0) is 55.0 Å². The van der Waals surface area contributed by atoms with E-state index < -0.39 is 5.82 Å². The van der Waals surface area contributed by atoms with Gasteiger partial charge in [0.1, 0.15) is 11.6 Å². The molecule has 2 rings (SSSR count). The second-order valence-electron chi connectivity index (χ2n) is 4.91. The summed E-state index contributed by atoms with van der Waals surface area (Å²) >= 11 is 10.8. The first kappa shape index (κ1) is 18.2. The molecule has 0 saturated heterocycles. The molecule has 0 aliphatic carbocycles. The zero-order valence-electron chi connectivity index (χ0n) is 12.9. The molecule has 7 heteroatoms. The fourth-order valence-electron chi connectivity index (χ4n) is 1.86. The van der Waals surface area contributed by atoms with E-state index in [2.05, 4.69) is 10.6 Å². The normalized spacial score (nSPS) is 10.1. The van der Waals surface area contributed by atoms with Gasteiger partial charge in [0.25, 0.3) is 5.91 Å². The topological polar surface area (TPSA) is 50.4 Å². The monoisotopic (exact) mass is 366 g/mol. The second kappa shape index (κ2) is 8.61. The molecule has 2 aromatic rings. The first-order chi connectivity index (χ1) is 11.5. The highest BCUT2D eigenvalue weighted by molar-refractivity contribution is 7.80. The van der Waals surface area contributed by atoms with Crippen LogP contribution in [0.25, 0.3) is 0 Å². The van der Waals surface area contributed by atoms with Crippen LogP contribution < -0.4 is 15.4 Å². The lowest BCUT2D eigenvalue weighted by Gasteiger charge is -2.11. The van der Waals surface area contributed by atoms with Crippen molar-refractivity contribution >= 4 is 40.5 Å². The molecule has 0 spiro atoms. The summed E-state index contributed by atoms with van der Waals surface area (Å²) in [5.74, 6) is -0.280.